The van der Waals surface area contributed by atoms with Crippen molar-refractivity contribution in [3.63, 3.8) is 0 Å². The van der Waals surface area contributed by atoms with E-state index in [0.717, 1.165) is 43.7 Å². The van der Waals surface area contributed by atoms with Crippen molar-refractivity contribution >= 4 is 5.91 Å². The normalized spacial score (nSPS) is 19.9. The van der Waals surface area contributed by atoms with Crippen LogP contribution < -0.4 is 0 Å². The van der Waals surface area contributed by atoms with E-state index in [1.165, 1.54) is 5.69 Å². The molecule has 0 radical (unpaired) electrons. The quantitative estimate of drug-likeness (QED) is 0.815. The fraction of sp³-hybridized carbons (Fsp3) is 0.545. The van der Waals surface area contributed by atoms with E-state index in [-0.39, 0.29) is 24.0 Å². The molecule has 1 fully saturated rings. The minimum Gasteiger partial charge on any atom is -0.381 e. The molecule has 28 heavy (non-hydrogen) atoms. The van der Waals surface area contributed by atoms with E-state index in [4.69, 9.17) is 9.47 Å². The van der Waals surface area contributed by atoms with Crippen LogP contribution in [0.4, 0.5) is 0 Å². The van der Waals surface area contributed by atoms with Crippen molar-refractivity contribution in [2.75, 3.05) is 26.4 Å². The molecule has 2 aliphatic rings. The molecule has 2 aromatic rings. The second kappa shape index (κ2) is 8.05. The maximum atomic E-state index is 12.9. The molecule has 4 rings (SSSR count). The molecule has 3 heterocycles. The SMILES string of the molecule is CC1(C)Cc2c(cnn2-c2ccccc2)CN(C(=O)COC2CCOCC2)C1. The topological polar surface area (TPSA) is 56.6 Å². The summed E-state index contributed by atoms with van der Waals surface area (Å²) in [5.74, 6) is 0.0554. The van der Waals surface area contributed by atoms with E-state index in [2.05, 4.69) is 31.1 Å². The van der Waals surface area contributed by atoms with Crippen LogP contribution in [0, 0.1) is 5.41 Å². The van der Waals surface area contributed by atoms with Crippen molar-refractivity contribution in [2.45, 2.75) is 45.8 Å². The van der Waals surface area contributed by atoms with E-state index >= 15 is 0 Å². The van der Waals surface area contributed by atoms with Gasteiger partial charge in [0.25, 0.3) is 0 Å². The monoisotopic (exact) mass is 383 g/mol. The number of para-hydroxylation sites is 1. The lowest BCUT2D eigenvalue weighted by Crippen LogP contribution is -2.40. The van der Waals surface area contributed by atoms with Gasteiger partial charge in [0.2, 0.25) is 5.91 Å². The molecule has 0 atom stereocenters. The lowest BCUT2D eigenvalue weighted by atomic mass is 9.87. The molecule has 1 amide bonds. The molecule has 0 saturated carbocycles. The van der Waals surface area contributed by atoms with Crippen LogP contribution in [0.2, 0.25) is 0 Å². The van der Waals surface area contributed by atoms with Gasteiger partial charge in [-0.1, -0.05) is 32.0 Å². The molecule has 0 N–H and O–H groups in total. The van der Waals surface area contributed by atoms with Crippen molar-refractivity contribution < 1.29 is 14.3 Å². The fourth-order valence-electron chi connectivity index (χ4n) is 4.11. The zero-order chi connectivity index (χ0) is 19.6. The predicted octanol–water partition coefficient (Wildman–Crippen LogP) is 2.98. The van der Waals surface area contributed by atoms with Crippen molar-refractivity contribution in [1.82, 2.24) is 14.7 Å². The van der Waals surface area contributed by atoms with E-state index in [1.807, 2.05) is 34.0 Å². The minimum absolute atomic E-state index is 0.0356. The van der Waals surface area contributed by atoms with Crippen LogP contribution in [0.1, 0.15) is 37.9 Å². The van der Waals surface area contributed by atoms with Crippen LogP contribution in [0.25, 0.3) is 5.69 Å². The van der Waals surface area contributed by atoms with Crippen LogP contribution in [-0.2, 0) is 27.2 Å². The fourth-order valence-corrected chi connectivity index (χ4v) is 4.11. The number of aromatic nitrogens is 2. The molecule has 1 aromatic heterocycles. The van der Waals surface area contributed by atoms with Crippen molar-refractivity contribution in [1.29, 1.82) is 0 Å². The molecule has 150 valence electrons. The Morgan fingerprint density at radius 2 is 2.00 bits per heavy atom. The van der Waals surface area contributed by atoms with Gasteiger partial charge in [-0.2, -0.15) is 5.10 Å². The van der Waals surface area contributed by atoms with Gasteiger partial charge in [0.05, 0.1) is 18.0 Å². The third-order valence-corrected chi connectivity index (χ3v) is 5.55. The molecule has 0 unspecified atom stereocenters. The summed E-state index contributed by atoms with van der Waals surface area (Å²) in [6.07, 6.45) is 4.65. The Balaban J connectivity index is 1.50. The first-order valence-corrected chi connectivity index (χ1v) is 10.1. The molecule has 0 bridgehead atoms. The van der Waals surface area contributed by atoms with Crippen molar-refractivity contribution in [3.8, 4) is 5.69 Å². The summed E-state index contributed by atoms with van der Waals surface area (Å²) >= 11 is 0. The Morgan fingerprint density at radius 3 is 2.75 bits per heavy atom. The summed E-state index contributed by atoms with van der Waals surface area (Å²) in [4.78, 5) is 14.8. The Labute approximate surface area is 166 Å². The number of rotatable bonds is 4. The van der Waals surface area contributed by atoms with Crippen LogP contribution in [0.3, 0.4) is 0 Å². The van der Waals surface area contributed by atoms with Gasteiger partial charge >= 0.3 is 0 Å². The summed E-state index contributed by atoms with van der Waals surface area (Å²) in [5, 5.41) is 4.62. The molecule has 6 nitrogen and oxygen atoms in total. The van der Waals surface area contributed by atoms with E-state index in [9.17, 15) is 4.79 Å². The first-order valence-electron chi connectivity index (χ1n) is 10.1. The highest BCUT2D eigenvalue weighted by Gasteiger charge is 2.33. The standard InChI is InChI=1S/C22H29N3O3/c1-22(2)12-20-17(13-23-25(20)18-6-4-3-5-7-18)14-24(16-22)21(26)15-28-19-8-10-27-11-9-19/h3-7,13,19H,8-12,14-16H2,1-2H3. The molecule has 0 aliphatic carbocycles. The molecular weight excluding hydrogens is 354 g/mol. The molecule has 6 heteroatoms. The number of hydrogen-bond acceptors (Lipinski definition) is 4. The lowest BCUT2D eigenvalue weighted by molar-refractivity contribution is -0.142. The Bertz CT molecular complexity index is 810. The summed E-state index contributed by atoms with van der Waals surface area (Å²) in [7, 11) is 0. The third kappa shape index (κ3) is 4.28. The third-order valence-electron chi connectivity index (χ3n) is 5.55. The minimum atomic E-state index is -0.0356. The zero-order valence-electron chi connectivity index (χ0n) is 16.8. The largest absolute Gasteiger partial charge is 0.381 e. The summed E-state index contributed by atoms with van der Waals surface area (Å²) in [5.41, 5.74) is 3.33. The highest BCUT2D eigenvalue weighted by molar-refractivity contribution is 5.77. The lowest BCUT2D eigenvalue weighted by Gasteiger charge is -2.30. The Morgan fingerprint density at radius 1 is 1.25 bits per heavy atom. The van der Waals surface area contributed by atoms with Gasteiger partial charge in [-0.15, -0.1) is 0 Å². The number of nitrogens with zero attached hydrogens (tertiary/aromatic N) is 3. The van der Waals surface area contributed by atoms with Gasteiger partial charge in [0, 0.05) is 37.6 Å². The summed E-state index contributed by atoms with van der Waals surface area (Å²) < 4.78 is 13.3. The van der Waals surface area contributed by atoms with Crippen LogP contribution in [-0.4, -0.2) is 53.1 Å². The molecular formula is C22H29N3O3. The van der Waals surface area contributed by atoms with Gasteiger partial charge in [-0.05, 0) is 36.8 Å². The average molecular weight is 383 g/mol. The van der Waals surface area contributed by atoms with Crippen molar-refractivity contribution in [2.24, 2.45) is 5.41 Å². The number of hydrogen-bond donors (Lipinski definition) is 0. The maximum Gasteiger partial charge on any atom is 0.248 e. The van der Waals surface area contributed by atoms with E-state index in [1.54, 1.807) is 0 Å². The van der Waals surface area contributed by atoms with E-state index in [0.29, 0.717) is 13.1 Å². The predicted molar refractivity (Wildman–Crippen MR) is 106 cm³/mol. The summed E-state index contributed by atoms with van der Waals surface area (Å²) in [6, 6.07) is 10.2. The van der Waals surface area contributed by atoms with Gasteiger partial charge in [0.15, 0.2) is 0 Å². The van der Waals surface area contributed by atoms with Gasteiger partial charge < -0.3 is 14.4 Å². The van der Waals surface area contributed by atoms with Crippen LogP contribution >= 0.6 is 0 Å². The van der Waals surface area contributed by atoms with Crippen LogP contribution in [0.5, 0.6) is 0 Å². The van der Waals surface area contributed by atoms with Gasteiger partial charge in [0.1, 0.15) is 6.61 Å². The molecule has 0 spiro atoms. The molecule has 1 aromatic carbocycles. The second-order valence-electron chi connectivity index (χ2n) is 8.58. The number of ether oxygens (including phenoxy) is 2. The van der Waals surface area contributed by atoms with Crippen LogP contribution in [0.15, 0.2) is 36.5 Å². The Kier molecular flexibility index (Phi) is 5.51. The smallest absolute Gasteiger partial charge is 0.248 e. The zero-order valence-corrected chi connectivity index (χ0v) is 16.8. The van der Waals surface area contributed by atoms with E-state index < -0.39 is 0 Å². The van der Waals surface area contributed by atoms with Gasteiger partial charge in [-0.3, -0.25) is 4.79 Å². The Hall–Kier alpha value is -2.18. The average Bonchev–Trinajstić information content (AvgIpc) is 3.02. The maximum absolute atomic E-state index is 12.9. The number of amides is 1. The number of carbonyl (C=O) groups is 1. The highest BCUT2D eigenvalue weighted by atomic mass is 16.5. The second-order valence-corrected chi connectivity index (χ2v) is 8.58. The first-order chi connectivity index (χ1) is 13.5. The number of benzene rings is 1. The molecule has 2 aliphatic heterocycles. The van der Waals surface area contributed by atoms with Gasteiger partial charge in [-0.25, -0.2) is 4.68 Å². The summed E-state index contributed by atoms with van der Waals surface area (Å²) in [6.45, 7) is 7.31. The van der Waals surface area contributed by atoms with Crippen molar-refractivity contribution in [3.05, 3.63) is 47.8 Å². The molecule has 1 saturated heterocycles. The number of fused-ring (bicyclic) bond motifs is 1. The highest BCUT2D eigenvalue weighted by Crippen LogP contribution is 2.31. The number of carbonyl (C=O) groups excluding carboxylic acids is 1. The first kappa shape index (κ1) is 19.2.